The number of aromatic nitrogens is 27. The van der Waals surface area contributed by atoms with Gasteiger partial charge < -0.3 is 23.7 Å². The molecule has 0 radical (unpaired) electrons. The number of para-hydroxylation sites is 6. The summed E-state index contributed by atoms with van der Waals surface area (Å²) in [5.74, 6) is 5.04. The minimum Gasteiger partial charge on any atom is -0.337 e. The topological polar surface area (TPSA) is 305 Å². The van der Waals surface area contributed by atoms with Crippen molar-refractivity contribution < 1.29 is 13.2 Å². The molecule has 0 amide bonds. The first-order valence-corrected chi connectivity index (χ1v) is 53.2. The number of fused-ring (bicyclic) bond motifs is 2. The normalized spacial score (nSPS) is 10.6. The lowest BCUT2D eigenvalue weighted by atomic mass is 10.1. The fraction of sp³-hybridized carbons (Fsp3) is 0.222. The fourth-order valence-corrected chi connectivity index (χ4v) is 18.1. The zero-order valence-electron chi connectivity index (χ0n) is 83.1. The van der Waals surface area contributed by atoms with Crippen LogP contribution in [0.15, 0.2) is 322 Å². The van der Waals surface area contributed by atoms with Gasteiger partial charge in [0.2, 0.25) is 0 Å². The summed E-state index contributed by atoms with van der Waals surface area (Å²) < 4.78 is 62.3. The van der Waals surface area contributed by atoms with E-state index in [0.29, 0.717) is 40.1 Å². The average Bonchev–Trinajstić information content (AvgIpc) is 1.67. The van der Waals surface area contributed by atoms with Crippen LogP contribution in [0.5, 0.6) is 0 Å². The van der Waals surface area contributed by atoms with Crippen LogP contribution < -0.4 is 0 Å². The first-order chi connectivity index (χ1) is 72.3. The summed E-state index contributed by atoms with van der Waals surface area (Å²) in [5.41, 5.74) is 10.3. The van der Waals surface area contributed by atoms with Crippen molar-refractivity contribution in [1.82, 2.24) is 133 Å². The van der Waals surface area contributed by atoms with Crippen molar-refractivity contribution in [2.45, 2.75) is 144 Å². The number of nitrogens with one attached hydrogen (secondary N) is 10. The number of hydrogen-bond acceptors (Lipinski definition) is 19. The minimum atomic E-state index is -4.41. The molecule has 0 unspecified atom stereocenters. The van der Waals surface area contributed by atoms with Gasteiger partial charge in [0.05, 0.1) is 22.3 Å². The summed E-state index contributed by atoms with van der Waals surface area (Å²) in [6, 6.07) is 97.7. The van der Waals surface area contributed by atoms with Crippen LogP contribution in [0.1, 0.15) is 125 Å². The largest absolute Gasteiger partial charge is 0.416 e. The van der Waals surface area contributed by atoms with Crippen LogP contribution in [0.4, 0.5) is 13.2 Å². The highest BCUT2D eigenvalue weighted by atomic mass is 32.1. The predicted octanol–water partition coefficient (Wildman–Crippen LogP) is 30.5. The molecular weight excluding hydrogens is 2090 g/mol. The summed E-state index contributed by atoms with van der Waals surface area (Å²) in [6.07, 6.45) is 18.0. The van der Waals surface area contributed by atoms with Crippen LogP contribution in [0.25, 0.3) is 84.4 Å². The van der Waals surface area contributed by atoms with E-state index in [1.165, 1.54) is 114 Å². The number of nitrogens with zero attached hydrogens (tertiary/aromatic N) is 17. The smallest absolute Gasteiger partial charge is 0.337 e. The van der Waals surface area contributed by atoms with Crippen LogP contribution in [-0.4, -0.2) is 133 Å². The number of alkyl halides is 3. The van der Waals surface area contributed by atoms with Crippen molar-refractivity contribution in [2.24, 2.45) is 14.1 Å². The molecule has 21 aromatic rings. The maximum absolute atomic E-state index is 12.9. The molecule has 10 N–H and O–H groups in total. The van der Waals surface area contributed by atoms with Gasteiger partial charge in [0.1, 0.15) is 28.8 Å². The molecule has 0 saturated heterocycles. The van der Waals surface area contributed by atoms with E-state index in [-0.39, 0.29) is 4.77 Å². The lowest BCUT2D eigenvalue weighted by molar-refractivity contribution is -0.137. The van der Waals surface area contributed by atoms with Gasteiger partial charge in [-0.3, -0.25) is 68.2 Å². The van der Waals surface area contributed by atoms with E-state index in [2.05, 4.69) is 219 Å². The first-order valence-electron chi connectivity index (χ1n) is 48.3. The van der Waals surface area contributed by atoms with Gasteiger partial charge in [-0.2, -0.15) is 54.0 Å². The zero-order valence-corrected chi connectivity index (χ0v) is 92.1. The Bertz CT molecular complexity index is 8230. The third-order valence-corrected chi connectivity index (χ3v) is 26.6. The fourth-order valence-electron chi connectivity index (χ4n) is 15.3. The molecule has 0 saturated carbocycles. The Kier molecular flexibility index (Phi) is 45.1. The first kappa shape index (κ1) is 114. The van der Waals surface area contributed by atoms with Crippen molar-refractivity contribution in [1.29, 1.82) is 0 Å². The van der Waals surface area contributed by atoms with E-state index < -0.39 is 11.7 Å². The van der Waals surface area contributed by atoms with Gasteiger partial charge in [0, 0.05) is 91.9 Å². The maximum Gasteiger partial charge on any atom is 0.416 e. The highest BCUT2D eigenvalue weighted by Crippen LogP contribution is 2.33. The van der Waals surface area contributed by atoms with Crippen molar-refractivity contribution in [2.75, 3.05) is 0 Å². The van der Waals surface area contributed by atoms with E-state index >= 15 is 0 Å². The molecule has 770 valence electrons. The van der Waals surface area contributed by atoms with Crippen LogP contribution >= 0.6 is 134 Å². The molecule has 41 heteroatoms. The number of hydrogen-bond donors (Lipinski definition) is 10. The molecule has 0 bridgehead atoms. The van der Waals surface area contributed by atoms with Crippen LogP contribution in [-0.2, 0) is 52.6 Å². The van der Waals surface area contributed by atoms with E-state index in [1.807, 2.05) is 245 Å². The quantitative estimate of drug-likeness (QED) is 0.0188. The van der Waals surface area contributed by atoms with Gasteiger partial charge >= 0.3 is 6.18 Å². The second-order valence-electron chi connectivity index (χ2n) is 33.4. The summed E-state index contributed by atoms with van der Waals surface area (Å²) in [6.45, 7) is 12.2. The molecule has 21 rings (SSSR count). The predicted molar refractivity (Wildman–Crippen MR) is 618 cm³/mol. The Morgan fingerprint density at radius 1 is 0.336 bits per heavy atom. The van der Waals surface area contributed by atoms with Gasteiger partial charge in [-0.25, -0.2) is 0 Å². The highest BCUT2D eigenvalue weighted by molar-refractivity contribution is 7.73. The molecule has 0 fully saturated rings. The Hall–Kier alpha value is -14.1. The van der Waals surface area contributed by atoms with Crippen molar-refractivity contribution in [3.8, 4) is 62.6 Å². The Morgan fingerprint density at radius 3 is 1.28 bits per heavy atom. The molecule has 149 heavy (non-hydrogen) atoms. The molecule has 11 aromatic carbocycles. The van der Waals surface area contributed by atoms with Crippen molar-refractivity contribution in [3.63, 3.8) is 0 Å². The molecule has 0 aliphatic rings. The highest BCUT2D eigenvalue weighted by Gasteiger charge is 2.31. The van der Waals surface area contributed by atoms with E-state index in [4.69, 9.17) is 122 Å². The van der Waals surface area contributed by atoms with E-state index in [9.17, 15) is 13.2 Å². The van der Waals surface area contributed by atoms with E-state index in [0.717, 1.165) is 137 Å². The van der Waals surface area contributed by atoms with E-state index in [1.54, 1.807) is 17.0 Å². The molecule has 0 aliphatic carbocycles. The number of aromatic amines is 10. The van der Waals surface area contributed by atoms with Gasteiger partial charge in [-0.05, 0) is 257 Å². The number of H-pyrrole nitrogens is 10. The van der Waals surface area contributed by atoms with Gasteiger partial charge in [-0.1, -0.05) is 308 Å². The van der Waals surface area contributed by atoms with Crippen LogP contribution in [0.2, 0.25) is 0 Å². The lowest BCUT2D eigenvalue weighted by Crippen LogP contribution is -2.06. The lowest BCUT2D eigenvalue weighted by Gasteiger charge is -2.11. The Morgan fingerprint density at radius 2 is 0.792 bits per heavy atom. The van der Waals surface area contributed by atoms with Crippen molar-refractivity contribution >= 4 is 155 Å². The number of aryl methyl sites for hydroxylation is 8. The van der Waals surface area contributed by atoms with Crippen LogP contribution in [0, 0.1) is 60.7 Å². The summed E-state index contributed by atoms with van der Waals surface area (Å²) in [4.78, 5) is 6.11. The number of halogens is 3. The van der Waals surface area contributed by atoms with Crippen LogP contribution in [0.3, 0.4) is 0 Å². The monoisotopic (exact) mass is 2200 g/mol. The second kappa shape index (κ2) is 59.2. The summed E-state index contributed by atoms with van der Waals surface area (Å²) in [7, 11) is 3.74. The molecule has 0 aliphatic heterocycles. The molecule has 10 aromatic heterocycles. The third kappa shape index (κ3) is 34.0. The van der Waals surface area contributed by atoms with Gasteiger partial charge in [0.25, 0.3) is 0 Å². The molecule has 10 heterocycles. The second-order valence-corrected chi connectivity index (χ2v) is 38.8. The molecule has 0 spiro atoms. The van der Waals surface area contributed by atoms with Gasteiger partial charge in [-0.15, -0.1) is 0 Å². The summed E-state index contributed by atoms with van der Waals surface area (Å²) in [5, 5.41) is 58.4. The summed E-state index contributed by atoms with van der Waals surface area (Å²) >= 11 is 52.6. The molecule has 0 atom stereocenters. The molecular formula is C108H116F3N27S11. The third-order valence-electron chi connectivity index (χ3n) is 22.8. The minimum absolute atomic E-state index is 0.234. The Balaban J connectivity index is 0.000000150. The number of imidazole rings is 2. The standard InChI is InChI=1S/C20H17N3S.C15H10F3N3S.C15H21N3S.C15H22N2S.C14H11N3S.C10H11N3S.C9H9N3S.C4H6N2S.C3H5N3S.C3H4N2S2/c24-20-22-21-19(23(20)13-12-15-6-2-1-3-7-15)18-11-10-16-8-4-5-9-17(16)14-18;16-15(17,18)11-7-4-8-12(9-11)21-13(19-20-14(21)22)10-5-2-1-3-6-10;1-2-3-4-5-9-12-14-16-17-15(19)18(14)13-10-7-6-8-11-13;1-2-3-4-5-6-9-12-17-14-11-8-7-10-13(14)16-15(17)18;18-14-16-15-13(11-7-3-1-4-8-11)17(14)12-9-5-2-6-10-12;1-2-9-11-12-10(14)13(9)8-6-4-3-5-7-8;1-7-10-11-9(13)12(7)8-5-3-2-4-6-8;1-6-3-2-5-4(6)7;1-6-2-4-5-3(6)7;1-2-4-5-3(6)7-2/h1-11,14H,12-13H2,(H,22,24);1-9H,(H,20,22);6-8,10-11H,2-5,9,12H2,1H3,(H,17,19);7-8,10-11H,2-6,9,12H2,1H3,(H,16,18);1-10H,(H,16,18);3-7H,2H2,1H3,(H,12,14);2-6H,1H3,(H,11,13);2-3H,1H3,(H,5,7);2H,1H3,(H,5,7);1H3,(H,5,6). The number of rotatable bonds is 25. The van der Waals surface area contributed by atoms with Crippen molar-refractivity contribution in [3.05, 3.63) is 403 Å². The SMILES string of the molecule is CCCCCCCCn1c(=S)[nH]c2ccccc21.CCCCCCCc1n[nH]c(=S)n1-c1ccccc1.CCc1n[nH]c(=S)n1-c1ccccc1.Cc1n[nH]c(=S)n1-c1ccccc1.Cc1n[nH]c(=S)s1.Cn1cc[nH]c1=S.Cn1cn[nH]c1=S.FC(F)(F)c1cccc(-n2c(-c3ccccc3)n[nH]c2=S)c1.S=c1[nH]nc(-c2ccc3ccccc3c2)n1CCc1ccccc1.S=c1[nH]nc(-c2ccccc2)n1-c1ccccc1. The van der Waals surface area contributed by atoms with Gasteiger partial charge in [0.15, 0.2) is 64.4 Å². The Labute approximate surface area is 916 Å². The molecule has 27 nitrogen and oxygen atoms in total. The number of unbranched alkanes of at least 4 members (excludes halogenated alkanes) is 9. The number of benzene rings is 11. The zero-order chi connectivity index (χ0) is 106. The maximum atomic E-state index is 12.9. The average molecular weight is 2200 g/mol.